The van der Waals surface area contributed by atoms with Crippen LogP contribution in [0.2, 0.25) is 0 Å². The number of rotatable bonds is 6. The second-order valence-corrected chi connectivity index (χ2v) is 3.65. The number of primary amides is 1. The summed E-state index contributed by atoms with van der Waals surface area (Å²) in [7, 11) is 0. The monoisotopic (exact) mass is 236 g/mol. The van der Waals surface area contributed by atoms with E-state index in [1.54, 1.807) is 0 Å². The molecule has 0 fully saturated rings. The van der Waals surface area contributed by atoms with Crippen LogP contribution in [0.3, 0.4) is 0 Å². The van der Waals surface area contributed by atoms with Gasteiger partial charge in [-0.05, 0) is 19.1 Å². The molecule has 0 aliphatic heterocycles. The fraction of sp³-hybridized carbons (Fsp3) is 0.333. The zero-order chi connectivity index (χ0) is 12.7. The number of amides is 2. The summed E-state index contributed by atoms with van der Waals surface area (Å²) in [6.45, 7) is 2.12. The van der Waals surface area contributed by atoms with E-state index in [0.29, 0.717) is 0 Å². The number of nitrogens with two attached hydrogens (primary N) is 1. The Morgan fingerprint density at radius 1 is 1.29 bits per heavy atom. The number of hydrogen-bond acceptors (Lipinski definition) is 3. The van der Waals surface area contributed by atoms with Gasteiger partial charge in [-0.25, -0.2) is 0 Å². The molecule has 3 N–H and O–H groups in total. The van der Waals surface area contributed by atoms with Crippen LogP contribution < -0.4 is 15.8 Å². The van der Waals surface area contributed by atoms with Gasteiger partial charge in [-0.15, -0.1) is 0 Å². The standard InChI is InChI=1S/C12H16N2O3/c1-9-2-4-10(5-3-9)17-7-6-12(16)14-8-11(13)15/h2-5H,6-8H2,1H3,(H2,13,15)(H,14,16). The first-order valence-corrected chi connectivity index (χ1v) is 5.32. The lowest BCUT2D eigenvalue weighted by molar-refractivity contribution is -0.125. The third kappa shape index (κ3) is 5.55. The van der Waals surface area contributed by atoms with Gasteiger partial charge in [0, 0.05) is 0 Å². The van der Waals surface area contributed by atoms with Gasteiger partial charge in [0.1, 0.15) is 5.75 Å². The quantitative estimate of drug-likeness (QED) is 0.748. The van der Waals surface area contributed by atoms with Gasteiger partial charge in [-0.3, -0.25) is 9.59 Å². The molecule has 0 unspecified atom stereocenters. The Morgan fingerprint density at radius 2 is 1.94 bits per heavy atom. The molecule has 0 saturated heterocycles. The highest BCUT2D eigenvalue weighted by Gasteiger charge is 2.03. The van der Waals surface area contributed by atoms with Crippen molar-refractivity contribution in [2.24, 2.45) is 5.73 Å². The number of nitrogens with one attached hydrogen (secondary N) is 1. The summed E-state index contributed by atoms with van der Waals surface area (Å²) < 4.78 is 5.36. The fourth-order valence-corrected chi connectivity index (χ4v) is 1.17. The Kier molecular flexibility index (Phi) is 5.00. The van der Waals surface area contributed by atoms with Gasteiger partial charge >= 0.3 is 0 Å². The molecule has 2 amide bonds. The lowest BCUT2D eigenvalue weighted by Gasteiger charge is -2.06. The maximum absolute atomic E-state index is 11.2. The van der Waals surface area contributed by atoms with Crippen molar-refractivity contribution in [1.29, 1.82) is 0 Å². The molecule has 92 valence electrons. The van der Waals surface area contributed by atoms with Gasteiger partial charge in [0.05, 0.1) is 19.6 Å². The average molecular weight is 236 g/mol. The highest BCUT2D eigenvalue weighted by molar-refractivity contribution is 5.83. The molecule has 1 aromatic rings. The van der Waals surface area contributed by atoms with Gasteiger partial charge in [0.15, 0.2) is 0 Å². The van der Waals surface area contributed by atoms with E-state index in [1.807, 2.05) is 31.2 Å². The number of aryl methyl sites for hydroxylation is 1. The van der Waals surface area contributed by atoms with Crippen molar-refractivity contribution >= 4 is 11.8 Å². The van der Waals surface area contributed by atoms with Crippen LogP contribution in [0, 0.1) is 6.92 Å². The van der Waals surface area contributed by atoms with Crippen LogP contribution in [0.25, 0.3) is 0 Å². The average Bonchev–Trinajstić information content (AvgIpc) is 2.29. The van der Waals surface area contributed by atoms with E-state index < -0.39 is 5.91 Å². The maximum atomic E-state index is 11.2. The van der Waals surface area contributed by atoms with Crippen LogP contribution in [0.5, 0.6) is 5.75 Å². The molecule has 17 heavy (non-hydrogen) atoms. The lowest BCUT2D eigenvalue weighted by Crippen LogP contribution is -2.33. The van der Waals surface area contributed by atoms with Gasteiger partial charge < -0.3 is 15.8 Å². The predicted octanol–water partition coefficient (Wildman–Crippen LogP) is 0.365. The van der Waals surface area contributed by atoms with Crippen LogP contribution in [0.4, 0.5) is 0 Å². The fourth-order valence-electron chi connectivity index (χ4n) is 1.17. The minimum atomic E-state index is -0.558. The van der Waals surface area contributed by atoms with Gasteiger partial charge in [-0.1, -0.05) is 17.7 Å². The third-order valence-electron chi connectivity index (χ3n) is 2.08. The largest absolute Gasteiger partial charge is 0.493 e. The Hall–Kier alpha value is -2.04. The Labute approximate surface area is 99.9 Å². The lowest BCUT2D eigenvalue weighted by atomic mass is 10.2. The summed E-state index contributed by atoms with van der Waals surface area (Å²) in [5, 5.41) is 2.38. The maximum Gasteiger partial charge on any atom is 0.236 e. The van der Waals surface area contributed by atoms with Crippen molar-refractivity contribution in [2.75, 3.05) is 13.2 Å². The van der Waals surface area contributed by atoms with E-state index in [1.165, 1.54) is 0 Å². The summed E-state index contributed by atoms with van der Waals surface area (Å²) in [5.41, 5.74) is 6.04. The third-order valence-corrected chi connectivity index (χ3v) is 2.08. The molecule has 0 saturated carbocycles. The summed E-state index contributed by atoms with van der Waals surface area (Å²) in [6, 6.07) is 7.55. The number of ether oxygens (including phenoxy) is 1. The van der Waals surface area contributed by atoms with E-state index in [9.17, 15) is 9.59 Å². The molecule has 5 nitrogen and oxygen atoms in total. The second kappa shape index (κ2) is 6.52. The number of carbonyl (C=O) groups is 2. The SMILES string of the molecule is Cc1ccc(OCCC(=O)NCC(N)=O)cc1. The molecule has 1 aromatic carbocycles. The van der Waals surface area contributed by atoms with Crippen LogP contribution in [-0.2, 0) is 9.59 Å². The van der Waals surface area contributed by atoms with E-state index in [2.05, 4.69) is 5.32 Å². The molecule has 0 aliphatic rings. The van der Waals surface area contributed by atoms with Crippen molar-refractivity contribution in [3.63, 3.8) is 0 Å². The molecular weight excluding hydrogens is 220 g/mol. The molecule has 0 aromatic heterocycles. The van der Waals surface area contributed by atoms with E-state index in [4.69, 9.17) is 10.5 Å². The second-order valence-electron chi connectivity index (χ2n) is 3.65. The van der Waals surface area contributed by atoms with E-state index >= 15 is 0 Å². The van der Waals surface area contributed by atoms with Crippen LogP contribution in [0.1, 0.15) is 12.0 Å². The predicted molar refractivity (Wildman–Crippen MR) is 63.5 cm³/mol. The Balaban J connectivity index is 2.21. The molecular formula is C12H16N2O3. The molecule has 0 aliphatic carbocycles. The first-order chi connectivity index (χ1) is 8.08. The number of carbonyl (C=O) groups excluding carboxylic acids is 2. The smallest absolute Gasteiger partial charge is 0.236 e. The zero-order valence-corrected chi connectivity index (χ0v) is 9.73. The molecule has 1 rings (SSSR count). The summed E-state index contributed by atoms with van der Waals surface area (Å²) in [5.74, 6) is -0.0907. The topological polar surface area (TPSA) is 81.4 Å². The highest BCUT2D eigenvalue weighted by Crippen LogP contribution is 2.11. The number of benzene rings is 1. The molecule has 0 bridgehead atoms. The van der Waals surface area contributed by atoms with Gasteiger partial charge in [0.2, 0.25) is 11.8 Å². The molecule has 0 atom stereocenters. The van der Waals surface area contributed by atoms with Crippen molar-refractivity contribution in [3.8, 4) is 5.75 Å². The van der Waals surface area contributed by atoms with Crippen LogP contribution >= 0.6 is 0 Å². The first kappa shape index (κ1) is 13.0. The van der Waals surface area contributed by atoms with Gasteiger partial charge in [-0.2, -0.15) is 0 Å². The minimum Gasteiger partial charge on any atom is -0.493 e. The van der Waals surface area contributed by atoms with Crippen molar-refractivity contribution in [2.45, 2.75) is 13.3 Å². The molecule has 0 radical (unpaired) electrons. The van der Waals surface area contributed by atoms with Crippen LogP contribution in [-0.4, -0.2) is 25.0 Å². The minimum absolute atomic E-state index is 0.136. The normalized spacial score (nSPS) is 9.71. The highest BCUT2D eigenvalue weighted by atomic mass is 16.5. The van der Waals surface area contributed by atoms with Crippen molar-refractivity contribution in [3.05, 3.63) is 29.8 Å². The Bertz CT molecular complexity index is 387. The first-order valence-electron chi connectivity index (χ1n) is 5.32. The van der Waals surface area contributed by atoms with Crippen LogP contribution in [0.15, 0.2) is 24.3 Å². The van der Waals surface area contributed by atoms with E-state index in [-0.39, 0.29) is 25.5 Å². The molecule has 5 heteroatoms. The molecule has 0 spiro atoms. The molecule has 0 heterocycles. The summed E-state index contributed by atoms with van der Waals surface area (Å²) in [4.78, 5) is 21.6. The Morgan fingerprint density at radius 3 is 2.53 bits per heavy atom. The van der Waals surface area contributed by atoms with Crippen molar-refractivity contribution < 1.29 is 14.3 Å². The zero-order valence-electron chi connectivity index (χ0n) is 9.73. The summed E-state index contributed by atoms with van der Waals surface area (Å²) in [6.07, 6.45) is 0.196. The van der Waals surface area contributed by atoms with Gasteiger partial charge in [0.25, 0.3) is 0 Å². The van der Waals surface area contributed by atoms with Crippen molar-refractivity contribution in [1.82, 2.24) is 5.32 Å². The van der Waals surface area contributed by atoms with E-state index in [0.717, 1.165) is 11.3 Å². The summed E-state index contributed by atoms with van der Waals surface area (Å²) >= 11 is 0. The number of hydrogen-bond donors (Lipinski definition) is 2.